The van der Waals surface area contributed by atoms with Gasteiger partial charge in [-0.05, 0) is 37.9 Å². The Morgan fingerprint density at radius 1 is 1.35 bits per heavy atom. The molecule has 0 aliphatic carbocycles. The Labute approximate surface area is 160 Å². The first-order valence-electron chi connectivity index (χ1n) is 9.24. The summed E-state index contributed by atoms with van der Waals surface area (Å²) in [7, 11) is 0. The van der Waals surface area contributed by atoms with E-state index in [1.54, 1.807) is 11.3 Å². The highest BCUT2D eigenvalue weighted by atomic mass is 32.1. The second kappa shape index (κ2) is 10.1. The lowest BCUT2D eigenvalue weighted by Crippen LogP contribution is -2.34. The number of thiophene rings is 1. The second-order valence-electron chi connectivity index (χ2n) is 6.30. The molecule has 0 fully saturated rings. The lowest BCUT2D eigenvalue weighted by Gasteiger charge is -2.22. The summed E-state index contributed by atoms with van der Waals surface area (Å²) < 4.78 is 0. The number of rotatable bonds is 7. The molecule has 2 heterocycles. The third-order valence-corrected chi connectivity index (χ3v) is 4.93. The predicted molar refractivity (Wildman–Crippen MR) is 111 cm³/mol. The number of hydrogen-bond donors (Lipinski definition) is 2. The maximum Gasteiger partial charge on any atom is 0.250 e. The Morgan fingerprint density at radius 3 is 2.73 bits per heavy atom. The van der Waals surface area contributed by atoms with Crippen molar-refractivity contribution < 1.29 is 4.79 Å². The lowest BCUT2D eigenvalue weighted by atomic mass is 10.1. The highest BCUT2D eigenvalue weighted by Crippen LogP contribution is 2.34. The fourth-order valence-corrected chi connectivity index (χ4v) is 3.72. The number of nitrogens with two attached hydrogens (primary N) is 2. The van der Waals surface area contributed by atoms with Gasteiger partial charge in [-0.15, -0.1) is 11.3 Å². The molecule has 2 rings (SSSR count). The van der Waals surface area contributed by atoms with Crippen LogP contribution in [0.15, 0.2) is 16.6 Å². The molecule has 0 unspecified atom stereocenters. The zero-order chi connectivity index (χ0) is 18.9. The normalized spacial score (nSPS) is 13.0. The number of hydrogen-bond acceptors (Lipinski definition) is 5. The van der Waals surface area contributed by atoms with Crippen LogP contribution in [0.5, 0.6) is 0 Å². The monoisotopic (exact) mass is 372 g/mol. The predicted octanol–water partition coefficient (Wildman–Crippen LogP) is 3.26. The fourth-order valence-electron chi connectivity index (χ4n) is 2.78. The number of amidine groups is 1. The van der Waals surface area contributed by atoms with Crippen LogP contribution in [0.4, 0.5) is 5.69 Å². The van der Waals surface area contributed by atoms with E-state index in [1.807, 2.05) is 17.0 Å². The maximum atomic E-state index is 12.9. The van der Waals surface area contributed by atoms with Crippen LogP contribution < -0.4 is 11.5 Å². The number of nitrogens with zero attached hydrogens (tertiary/aromatic N) is 2. The summed E-state index contributed by atoms with van der Waals surface area (Å²) in [6, 6.07) is 1.95. The van der Waals surface area contributed by atoms with Crippen LogP contribution in [-0.4, -0.2) is 36.3 Å². The average Bonchev–Trinajstić information content (AvgIpc) is 2.91. The van der Waals surface area contributed by atoms with Crippen molar-refractivity contribution >= 4 is 34.8 Å². The van der Waals surface area contributed by atoms with Gasteiger partial charge < -0.3 is 16.4 Å². The molecule has 0 atom stereocenters. The van der Waals surface area contributed by atoms with E-state index < -0.39 is 0 Å². The maximum absolute atomic E-state index is 12.9. The third kappa shape index (κ3) is 5.45. The molecule has 6 heteroatoms. The van der Waals surface area contributed by atoms with E-state index in [0.717, 1.165) is 54.2 Å². The molecule has 0 radical (unpaired) electrons. The van der Waals surface area contributed by atoms with Gasteiger partial charge in [0, 0.05) is 31.5 Å². The van der Waals surface area contributed by atoms with Gasteiger partial charge >= 0.3 is 0 Å². The SMILES string of the molecule is CCCN(CCC)C(=O)C1=Cc2sc(C#CCCCN)cc2N=C(N)C1. The molecule has 0 saturated heterocycles. The first-order valence-corrected chi connectivity index (χ1v) is 10.1. The van der Waals surface area contributed by atoms with Crippen LogP contribution in [0, 0.1) is 11.8 Å². The number of carbonyl (C=O) groups excluding carboxylic acids is 1. The van der Waals surface area contributed by atoms with Gasteiger partial charge in [0.1, 0.15) is 5.84 Å². The minimum atomic E-state index is 0.0590. The summed E-state index contributed by atoms with van der Waals surface area (Å²) in [5, 5.41) is 0. The lowest BCUT2D eigenvalue weighted by molar-refractivity contribution is -0.127. The van der Waals surface area contributed by atoms with E-state index in [4.69, 9.17) is 11.5 Å². The van der Waals surface area contributed by atoms with Crippen LogP contribution in [0.1, 0.15) is 55.7 Å². The minimum absolute atomic E-state index is 0.0590. The smallest absolute Gasteiger partial charge is 0.250 e. The van der Waals surface area contributed by atoms with Gasteiger partial charge in [-0.3, -0.25) is 4.79 Å². The largest absolute Gasteiger partial charge is 0.387 e. The van der Waals surface area contributed by atoms with Crippen molar-refractivity contribution in [1.82, 2.24) is 4.90 Å². The second-order valence-corrected chi connectivity index (χ2v) is 7.38. The minimum Gasteiger partial charge on any atom is -0.387 e. The van der Waals surface area contributed by atoms with Crippen LogP contribution in [0.3, 0.4) is 0 Å². The first-order chi connectivity index (χ1) is 12.6. The Morgan fingerprint density at radius 2 is 2.08 bits per heavy atom. The molecular weight excluding hydrogens is 344 g/mol. The summed E-state index contributed by atoms with van der Waals surface area (Å²) in [6.45, 7) is 6.34. The van der Waals surface area contributed by atoms with Gasteiger partial charge in [0.2, 0.25) is 5.91 Å². The number of unbranched alkanes of at least 4 members (excludes halogenated alkanes) is 1. The van der Waals surface area contributed by atoms with Gasteiger partial charge in [0.15, 0.2) is 0 Å². The molecular formula is C20H28N4OS. The molecule has 0 saturated carbocycles. The molecule has 1 amide bonds. The molecule has 1 aliphatic heterocycles. The molecule has 26 heavy (non-hydrogen) atoms. The van der Waals surface area contributed by atoms with Crippen molar-refractivity contribution in [2.24, 2.45) is 16.5 Å². The van der Waals surface area contributed by atoms with Crippen molar-refractivity contribution in [3.05, 3.63) is 21.4 Å². The van der Waals surface area contributed by atoms with Crippen LogP contribution in [-0.2, 0) is 4.79 Å². The van der Waals surface area contributed by atoms with Gasteiger partial charge in [-0.1, -0.05) is 25.7 Å². The molecule has 1 aromatic heterocycles. The zero-order valence-electron chi connectivity index (χ0n) is 15.7. The van der Waals surface area contributed by atoms with E-state index in [-0.39, 0.29) is 5.91 Å². The molecule has 1 aromatic rings. The molecule has 0 bridgehead atoms. The summed E-state index contributed by atoms with van der Waals surface area (Å²) >= 11 is 1.55. The molecule has 0 spiro atoms. The fraction of sp³-hybridized carbons (Fsp3) is 0.500. The van der Waals surface area contributed by atoms with E-state index in [2.05, 4.69) is 30.7 Å². The van der Waals surface area contributed by atoms with E-state index in [0.29, 0.717) is 24.4 Å². The summed E-state index contributed by atoms with van der Waals surface area (Å²) in [5.74, 6) is 6.81. The van der Waals surface area contributed by atoms with Crippen molar-refractivity contribution in [2.75, 3.05) is 19.6 Å². The average molecular weight is 373 g/mol. The molecule has 4 N–H and O–H groups in total. The first kappa shape index (κ1) is 20.2. The van der Waals surface area contributed by atoms with Crippen LogP contribution >= 0.6 is 11.3 Å². The summed E-state index contributed by atoms with van der Waals surface area (Å²) in [5.41, 5.74) is 13.1. The van der Waals surface area contributed by atoms with E-state index >= 15 is 0 Å². The third-order valence-electron chi connectivity index (χ3n) is 3.95. The molecule has 0 aromatic carbocycles. The highest BCUT2D eigenvalue weighted by Gasteiger charge is 2.21. The van der Waals surface area contributed by atoms with Crippen molar-refractivity contribution in [2.45, 2.75) is 46.0 Å². The van der Waals surface area contributed by atoms with Crippen LogP contribution in [0.25, 0.3) is 6.08 Å². The molecule has 1 aliphatic rings. The Hall–Kier alpha value is -2.10. The van der Waals surface area contributed by atoms with Crippen molar-refractivity contribution in [1.29, 1.82) is 0 Å². The van der Waals surface area contributed by atoms with Gasteiger partial charge in [-0.25, -0.2) is 4.99 Å². The van der Waals surface area contributed by atoms with E-state index in [1.165, 1.54) is 0 Å². The van der Waals surface area contributed by atoms with Gasteiger partial charge in [0.05, 0.1) is 15.4 Å². The number of aliphatic imine (C=N–C) groups is 1. The van der Waals surface area contributed by atoms with Gasteiger partial charge in [-0.2, -0.15) is 0 Å². The Kier molecular flexibility index (Phi) is 7.89. The number of carbonyl (C=O) groups is 1. The van der Waals surface area contributed by atoms with Gasteiger partial charge in [0.25, 0.3) is 0 Å². The summed E-state index contributed by atoms with van der Waals surface area (Å²) in [4.78, 5) is 21.2. The van der Waals surface area contributed by atoms with E-state index in [9.17, 15) is 4.79 Å². The molecule has 5 nitrogen and oxygen atoms in total. The number of amides is 1. The standard InChI is InChI=1S/C20H28N4OS/c1-3-10-24(11-4-2)20(25)15-12-18-17(23-19(22)13-15)14-16(26-18)8-6-5-7-9-21/h12,14H,3-5,7,9-11,13,21H2,1-2H3,(H2,22,23). The van der Waals surface area contributed by atoms with Crippen molar-refractivity contribution in [3.63, 3.8) is 0 Å². The Balaban J connectivity index is 2.28. The molecule has 140 valence electrons. The van der Waals surface area contributed by atoms with Crippen LogP contribution in [0.2, 0.25) is 0 Å². The topological polar surface area (TPSA) is 84.7 Å². The Bertz CT molecular complexity index is 746. The van der Waals surface area contributed by atoms with Crippen molar-refractivity contribution in [3.8, 4) is 11.8 Å². The highest BCUT2D eigenvalue weighted by molar-refractivity contribution is 7.14. The summed E-state index contributed by atoms with van der Waals surface area (Å²) in [6.07, 6.45) is 5.89. The quantitative estimate of drug-likeness (QED) is 0.569. The number of fused-ring (bicyclic) bond motifs is 1. The zero-order valence-corrected chi connectivity index (χ0v) is 16.5.